The van der Waals surface area contributed by atoms with Gasteiger partial charge in [-0.1, -0.05) is 83.3 Å². The van der Waals surface area contributed by atoms with Gasteiger partial charge in [-0.25, -0.2) is 0 Å². The van der Waals surface area contributed by atoms with E-state index in [1.165, 1.54) is 96.3 Å². The van der Waals surface area contributed by atoms with Gasteiger partial charge in [0.25, 0.3) is 0 Å². The molecular formula is C27H52N3O+. The van der Waals surface area contributed by atoms with Crippen LogP contribution in [0.5, 0.6) is 0 Å². The molecule has 0 saturated heterocycles. The van der Waals surface area contributed by atoms with Crippen molar-refractivity contribution in [1.82, 2.24) is 10.6 Å². The number of likely N-dealkylation sites (N-methyl/N-ethyl adjacent to an activating group) is 1. The smallest absolute Gasteiger partial charge is 0.217 e. The predicted molar refractivity (Wildman–Crippen MR) is 134 cm³/mol. The number of nitrogens with one attached hydrogen (secondary N) is 2. The second kappa shape index (κ2) is 18.3. The SMILES string of the molecule is CCCCCCCCCCCCC/C=C/CCCC1NC=C[N+]1(CC)CCNC(C)=O. The Morgan fingerprint density at radius 2 is 1.48 bits per heavy atom. The van der Waals surface area contributed by atoms with E-state index in [2.05, 4.69) is 49.0 Å². The summed E-state index contributed by atoms with van der Waals surface area (Å²) in [5.41, 5.74) is 0. The van der Waals surface area contributed by atoms with Crippen LogP contribution in [0.4, 0.5) is 0 Å². The molecule has 0 spiro atoms. The average molecular weight is 435 g/mol. The molecule has 1 amide bonds. The van der Waals surface area contributed by atoms with E-state index in [1.807, 2.05) is 0 Å². The van der Waals surface area contributed by atoms with E-state index in [0.29, 0.717) is 6.17 Å². The van der Waals surface area contributed by atoms with Gasteiger partial charge in [-0.3, -0.25) is 9.28 Å². The predicted octanol–water partition coefficient (Wildman–Crippen LogP) is 6.79. The summed E-state index contributed by atoms with van der Waals surface area (Å²) >= 11 is 0. The molecule has 2 unspecified atom stereocenters. The number of hydrogen-bond donors (Lipinski definition) is 2. The number of allylic oxidation sites excluding steroid dienone is 2. The summed E-state index contributed by atoms with van der Waals surface area (Å²) in [4.78, 5) is 11.2. The minimum Gasteiger partial charge on any atom is -0.351 e. The third-order valence-electron chi connectivity index (χ3n) is 6.76. The molecule has 1 heterocycles. The Morgan fingerprint density at radius 3 is 2.06 bits per heavy atom. The van der Waals surface area contributed by atoms with Gasteiger partial charge in [0.05, 0.1) is 19.3 Å². The zero-order valence-electron chi connectivity index (χ0n) is 21.0. The number of hydrogen-bond acceptors (Lipinski definition) is 2. The van der Waals surface area contributed by atoms with Crippen LogP contribution in [0.15, 0.2) is 24.6 Å². The van der Waals surface area contributed by atoms with Gasteiger partial charge in [0.2, 0.25) is 5.91 Å². The van der Waals surface area contributed by atoms with E-state index >= 15 is 0 Å². The topological polar surface area (TPSA) is 41.1 Å². The first-order valence-corrected chi connectivity index (χ1v) is 13.3. The molecule has 2 atom stereocenters. The van der Waals surface area contributed by atoms with Gasteiger partial charge in [0.15, 0.2) is 6.17 Å². The van der Waals surface area contributed by atoms with E-state index in [4.69, 9.17) is 0 Å². The Bertz CT molecular complexity index is 503. The largest absolute Gasteiger partial charge is 0.351 e. The molecule has 0 saturated carbocycles. The third kappa shape index (κ3) is 13.0. The van der Waals surface area contributed by atoms with Crippen molar-refractivity contribution < 1.29 is 9.28 Å². The fraction of sp³-hybridized carbons (Fsp3) is 0.815. The molecule has 180 valence electrons. The summed E-state index contributed by atoms with van der Waals surface area (Å²) in [6, 6.07) is 0. The molecule has 2 N–H and O–H groups in total. The lowest BCUT2D eigenvalue weighted by atomic mass is 10.1. The van der Waals surface area contributed by atoms with Gasteiger partial charge < -0.3 is 10.6 Å². The molecular weight excluding hydrogens is 382 g/mol. The van der Waals surface area contributed by atoms with Gasteiger partial charge in [0.1, 0.15) is 12.7 Å². The van der Waals surface area contributed by atoms with Crippen molar-refractivity contribution >= 4 is 5.91 Å². The van der Waals surface area contributed by atoms with Crippen LogP contribution < -0.4 is 10.6 Å². The molecule has 4 heteroatoms. The summed E-state index contributed by atoms with van der Waals surface area (Å²) in [6.07, 6.45) is 30.0. The summed E-state index contributed by atoms with van der Waals surface area (Å²) < 4.78 is 0.933. The molecule has 0 aromatic rings. The Morgan fingerprint density at radius 1 is 0.903 bits per heavy atom. The lowest BCUT2D eigenvalue weighted by Crippen LogP contribution is -2.55. The molecule has 1 rings (SSSR count). The van der Waals surface area contributed by atoms with Crippen molar-refractivity contribution in [2.45, 2.75) is 123 Å². The summed E-state index contributed by atoms with van der Waals surface area (Å²) in [7, 11) is 0. The minimum absolute atomic E-state index is 0.0601. The van der Waals surface area contributed by atoms with Crippen molar-refractivity contribution in [1.29, 1.82) is 0 Å². The number of unbranched alkanes of at least 4 members (excludes halogenated alkanes) is 12. The Kier molecular flexibility index (Phi) is 16.4. The number of nitrogens with zero attached hydrogens (tertiary/aromatic N) is 1. The maximum Gasteiger partial charge on any atom is 0.217 e. The average Bonchev–Trinajstić information content (AvgIpc) is 3.16. The van der Waals surface area contributed by atoms with Crippen molar-refractivity contribution in [2.24, 2.45) is 0 Å². The second-order valence-electron chi connectivity index (χ2n) is 9.35. The molecule has 4 nitrogen and oxygen atoms in total. The van der Waals surface area contributed by atoms with E-state index in [-0.39, 0.29) is 5.91 Å². The second-order valence-corrected chi connectivity index (χ2v) is 9.35. The zero-order chi connectivity index (χ0) is 22.6. The van der Waals surface area contributed by atoms with E-state index in [0.717, 1.165) is 24.1 Å². The molecule has 0 aliphatic carbocycles. The third-order valence-corrected chi connectivity index (χ3v) is 6.76. The van der Waals surface area contributed by atoms with E-state index in [1.54, 1.807) is 6.92 Å². The number of carbonyl (C=O) groups excluding carboxylic acids is 1. The summed E-state index contributed by atoms with van der Waals surface area (Å²) in [6.45, 7) is 8.88. The first-order valence-electron chi connectivity index (χ1n) is 13.3. The van der Waals surface area contributed by atoms with Crippen molar-refractivity contribution in [3.05, 3.63) is 24.6 Å². The highest BCUT2D eigenvalue weighted by Crippen LogP contribution is 2.22. The summed E-state index contributed by atoms with van der Waals surface area (Å²) in [5, 5.41) is 6.49. The molecule has 0 aromatic carbocycles. The van der Waals surface area contributed by atoms with Crippen LogP contribution >= 0.6 is 0 Å². The van der Waals surface area contributed by atoms with Crippen LogP contribution in [0.1, 0.15) is 117 Å². The van der Waals surface area contributed by atoms with Crippen LogP contribution in [-0.4, -0.2) is 36.2 Å². The van der Waals surface area contributed by atoms with Gasteiger partial charge >= 0.3 is 0 Å². The minimum atomic E-state index is 0.0601. The number of carbonyl (C=O) groups is 1. The molecule has 1 aliphatic rings. The lowest BCUT2D eigenvalue weighted by Gasteiger charge is -2.37. The number of quaternary nitrogens is 1. The molecule has 0 aromatic heterocycles. The molecule has 0 bridgehead atoms. The van der Waals surface area contributed by atoms with Crippen molar-refractivity contribution in [2.75, 3.05) is 19.6 Å². The standard InChI is InChI=1S/C27H51N3O/c1-4-6-7-8-9-10-11-12-13-14-15-16-17-18-19-20-21-27-29-23-25-30(27,5-2)24-22-28-26(3)31/h17-18,23,25,27,29H,4-16,19-22,24H2,1-3H3/p+1/b18-17+. The maximum atomic E-state index is 11.2. The van der Waals surface area contributed by atoms with Crippen molar-refractivity contribution in [3.63, 3.8) is 0 Å². The molecule has 1 aliphatic heterocycles. The van der Waals surface area contributed by atoms with Crippen LogP contribution in [0, 0.1) is 0 Å². The number of rotatable bonds is 20. The highest BCUT2D eigenvalue weighted by molar-refractivity contribution is 5.72. The Hall–Kier alpha value is -1.29. The highest BCUT2D eigenvalue weighted by atomic mass is 16.1. The first kappa shape index (κ1) is 27.7. The first-order chi connectivity index (χ1) is 15.1. The van der Waals surface area contributed by atoms with Crippen LogP contribution in [0.3, 0.4) is 0 Å². The van der Waals surface area contributed by atoms with Crippen LogP contribution in [0.2, 0.25) is 0 Å². The van der Waals surface area contributed by atoms with Crippen LogP contribution in [-0.2, 0) is 4.79 Å². The fourth-order valence-electron chi connectivity index (χ4n) is 4.64. The Labute approximate surface area is 193 Å². The lowest BCUT2D eigenvalue weighted by molar-refractivity contribution is -0.898. The highest BCUT2D eigenvalue weighted by Gasteiger charge is 2.35. The van der Waals surface area contributed by atoms with Crippen LogP contribution in [0.25, 0.3) is 0 Å². The van der Waals surface area contributed by atoms with Gasteiger partial charge in [-0.15, -0.1) is 0 Å². The van der Waals surface area contributed by atoms with Gasteiger partial charge in [0, 0.05) is 13.3 Å². The normalized spacial score (nSPS) is 20.4. The van der Waals surface area contributed by atoms with Crippen molar-refractivity contribution in [3.8, 4) is 0 Å². The molecule has 0 radical (unpaired) electrons. The van der Waals surface area contributed by atoms with Gasteiger partial charge in [-0.05, 0) is 32.6 Å². The number of amides is 1. The van der Waals surface area contributed by atoms with E-state index in [9.17, 15) is 4.79 Å². The monoisotopic (exact) mass is 434 g/mol. The molecule has 31 heavy (non-hydrogen) atoms. The Balaban J connectivity index is 2.00. The molecule has 0 fully saturated rings. The quantitative estimate of drug-likeness (QED) is 0.126. The van der Waals surface area contributed by atoms with E-state index < -0.39 is 0 Å². The maximum absolute atomic E-state index is 11.2. The zero-order valence-corrected chi connectivity index (χ0v) is 21.0. The fourth-order valence-corrected chi connectivity index (χ4v) is 4.64. The van der Waals surface area contributed by atoms with Gasteiger partial charge in [-0.2, -0.15) is 0 Å². The summed E-state index contributed by atoms with van der Waals surface area (Å²) in [5.74, 6) is 0.0601.